The summed E-state index contributed by atoms with van der Waals surface area (Å²) < 4.78 is 11.0. The van der Waals surface area contributed by atoms with Crippen LogP contribution in [0.5, 0.6) is 6.01 Å². The van der Waals surface area contributed by atoms with Gasteiger partial charge in [-0.05, 0) is 39.0 Å². The van der Waals surface area contributed by atoms with Gasteiger partial charge in [0.15, 0.2) is 0 Å². The van der Waals surface area contributed by atoms with Crippen molar-refractivity contribution in [2.24, 2.45) is 11.8 Å². The molecule has 8 nitrogen and oxygen atoms in total. The van der Waals surface area contributed by atoms with Crippen LogP contribution in [0.3, 0.4) is 0 Å². The van der Waals surface area contributed by atoms with Crippen LogP contribution in [0.1, 0.15) is 33.1 Å². The smallest absolute Gasteiger partial charge is 0.323 e. The van der Waals surface area contributed by atoms with Gasteiger partial charge < -0.3 is 14.8 Å². The molecule has 1 saturated carbocycles. The number of nitrogen functional groups attached to an aromatic ring is 1. The van der Waals surface area contributed by atoms with Crippen LogP contribution in [0.25, 0.3) is 0 Å². The van der Waals surface area contributed by atoms with Crippen molar-refractivity contribution < 1.29 is 9.47 Å². The quantitative estimate of drug-likeness (QED) is 0.335. The number of rotatable bonds is 10. The molecule has 1 fully saturated rings. The van der Waals surface area contributed by atoms with Gasteiger partial charge in [-0.3, -0.25) is 5.43 Å². The maximum absolute atomic E-state index is 5.57. The van der Waals surface area contributed by atoms with Crippen LogP contribution in [0.2, 0.25) is 0 Å². The molecule has 0 bridgehead atoms. The molecule has 1 aromatic heterocycles. The van der Waals surface area contributed by atoms with Crippen LogP contribution in [0.15, 0.2) is 0 Å². The van der Waals surface area contributed by atoms with Crippen molar-refractivity contribution in [3.63, 3.8) is 0 Å². The zero-order valence-electron chi connectivity index (χ0n) is 12.6. The van der Waals surface area contributed by atoms with Crippen LogP contribution in [-0.2, 0) is 4.74 Å². The minimum atomic E-state index is -0.0123. The molecule has 0 aromatic carbocycles. The van der Waals surface area contributed by atoms with E-state index < -0.39 is 0 Å². The maximum atomic E-state index is 5.57. The molecule has 21 heavy (non-hydrogen) atoms. The van der Waals surface area contributed by atoms with Gasteiger partial charge in [0.1, 0.15) is 0 Å². The highest BCUT2D eigenvalue weighted by molar-refractivity contribution is 5.34. The number of nitrogens with two attached hydrogens (primary N) is 1. The van der Waals surface area contributed by atoms with E-state index in [4.69, 9.17) is 15.3 Å². The first kappa shape index (κ1) is 15.7. The van der Waals surface area contributed by atoms with Gasteiger partial charge in [0, 0.05) is 19.8 Å². The summed E-state index contributed by atoms with van der Waals surface area (Å²) in [5.41, 5.74) is 2.40. The molecule has 8 heteroatoms. The Labute approximate surface area is 124 Å². The van der Waals surface area contributed by atoms with Gasteiger partial charge >= 0.3 is 6.01 Å². The summed E-state index contributed by atoms with van der Waals surface area (Å²) in [6.07, 6.45) is 3.51. The number of anilines is 2. The molecular formula is C13H24N6O2. The van der Waals surface area contributed by atoms with Crippen LogP contribution in [-0.4, -0.2) is 40.8 Å². The fraction of sp³-hybridized carbons (Fsp3) is 0.769. The molecule has 0 saturated heterocycles. The summed E-state index contributed by atoms with van der Waals surface area (Å²) in [6, 6.07) is 0.250. The Bertz CT molecular complexity index is 439. The third-order valence-electron chi connectivity index (χ3n) is 2.88. The first-order chi connectivity index (χ1) is 10.2. The highest BCUT2D eigenvalue weighted by atomic mass is 16.5. The Morgan fingerprint density at radius 2 is 2.00 bits per heavy atom. The second-order valence-electron chi connectivity index (χ2n) is 5.37. The van der Waals surface area contributed by atoms with Gasteiger partial charge in [0.25, 0.3) is 0 Å². The lowest BCUT2D eigenvalue weighted by Crippen LogP contribution is -2.17. The van der Waals surface area contributed by atoms with E-state index in [1.807, 2.05) is 13.8 Å². The van der Waals surface area contributed by atoms with Gasteiger partial charge in [-0.1, -0.05) is 0 Å². The van der Waals surface area contributed by atoms with Crippen molar-refractivity contribution in [2.45, 2.75) is 39.2 Å². The van der Waals surface area contributed by atoms with Crippen molar-refractivity contribution in [3.8, 4) is 6.01 Å². The highest BCUT2D eigenvalue weighted by Crippen LogP contribution is 2.28. The monoisotopic (exact) mass is 296 g/mol. The van der Waals surface area contributed by atoms with Crippen molar-refractivity contribution >= 4 is 11.9 Å². The number of nitrogens with one attached hydrogen (secondary N) is 2. The van der Waals surface area contributed by atoms with E-state index in [2.05, 4.69) is 25.7 Å². The zero-order chi connectivity index (χ0) is 15.1. The fourth-order valence-corrected chi connectivity index (χ4v) is 1.67. The van der Waals surface area contributed by atoms with Crippen molar-refractivity contribution in [3.05, 3.63) is 0 Å². The largest absolute Gasteiger partial charge is 0.461 e. The molecule has 1 heterocycles. The predicted molar refractivity (Wildman–Crippen MR) is 80.1 cm³/mol. The number of hydrogen-bond donors (Lipinski definition) is 3. The Hall–Kier alpha value is -1.67. The van der Waals surface area contributed by atoms with Gasteiger partial charge in [-0.15, -0.1) is 0 Å². The molecule has 0 atom stereocenters. The molecule has 1 aliphatic carbocycles. The average Bonchev–Trinajstić information content (AvgIpc) is 3.25. The number of hydrogen-bond acceptors (Lipinski definition) is 8. The van der Waals surface area contributed by atoms with Crippen LogP contribution < -0.4 is 21.3 Å². The summed E-state index contributed by atoms with van der Waals surface area (Å²) in [5.74, 6) is 6.85. The van der Waals surface area contributed by atoms with Gasteiger partial charge in [0.05, 0.1) is 6.10 Å². The number of ether oxygens (including phenoxy) is 2. The molecule has 118 valence electrons. The summed E-state index contributed by atoms with van der Waals surface area (Å²) in [5, 5.41) is 3.12. The Morgan fingerprint density at radius 3 is 2.67 bits per heavy atom. The first-order valence-corrected chi connectivity index (χ1v) is 7.38. The van der Waals surface area contributed by atoms with Crippen LogP contribution >= 0.6 is 0 Å². The Balaban J connectivity index is 1.74. The molecule has 1 aliphatic rings. The third kappa shape index (κ3) is 6.09. The second kappa shape index (κ2) is 7.94. The SMILES string of the molecule is CC(C)Oc1nc(NN)nc(NCCCOCC2CC2)n1. The normalized spacial score (nSPS) is 14.3. The van der Waals surface area contributed by atoms with E-state index in [0.717, 1.165) is 32.1 Å². The topological polar surface area (TPSA) is 107 Å². The number of aromatic nitrogens is 3. The van der Waals surface area contributed by atoms with E-state index >= 15 is 0 Å². The van der Waals surface area contributed by atoms with Crippen molar-refractivity contribution in [1.82, 2.24) is 15.0 Å². The summed E-state index contributed by atoms with van der Waals surface area (Å²) in [6.45, 7) is 6.17. The number of nitrogens with zero attached hydrogens (tertiary/aromatic N) is 3. The lowest BCUT2D eigenvalue weighted by Gasteiger charge is -2.11. The third-order valence-corrected chi connectivity index (χ3v) is 2.88. The van der Waals surface area contributed by atoms with Crippen molar-refractivity contribution in [2.75, 3.05) is 30.5 Å². The lowest BCUT2D eigenvalue weighted by atomic mass is 10.4. The molecule has 4 N–H and O–H groups in total. The molecule has 2 rings (SSSR count). The lowest BCUT2D eigenvalue weighted by molar-refractivity contribution is 0.124. The van der Waals surface area contributed by atoms with Gasteiger partial charge in [-0.25, -0.2) is 5.84 Å². The zero-order valence-corrected chi connectivity index (χ0v) is 12.6. The average molecular weight is 296 g/mol. The first-order valence-electron chi connectivity index (χ1n) is 7.38. The van der Waals surface area contributed by atoms with Crippen LogP contribution in [0.4, 0.5) is 11.9 Å². The summed E-state index contributed by atoms with van der Waals surface area (Å²) in [4.78, 5) is 12.3. The minimum absolute atomic E-state index is 0.0123. The minimum Gasteiger partial charge on any atom is -0.461 e. The highest BCUT2D eigenvalue weighted by Gasteiger charge is 2.20. The van der Waals surface area contributed by atoms with Gasteiger partial charge in [-0.2, -0.15) is 15.0 Å². The van der Waals surface area contributed by atoms with E-state index in [-0.39, 0.29) is 18.1 Å². The summed E-state index contributed by atoms with van der Waals surface area (Å²) >= 11 is 0. The molecule has 0 radical (unpaired) electrons. The van der Waals surface area contributed by atoms with Crippen LogP contribution in [0, 0.1) is 5.92 Å². The Kier molecular flexibility index (Phi) is 5.94. The molecule has 0 unspecified atom stereocenters. The predicted octanol–water partition coefficient (Wildman–Crippen LogP) is 1.17. The van der Waals surface area contributed by atoms with E-state index in [9.17, 15) is 0 Å². The molecule has 0 amide bonds. The van der Waals surface area contributed by atoms with E-state index in [0.29, 0.717) is 5.95 Å². The van der Waals surface area contributed by atoms with Crippen molar-refractivity contribution in [1.29, 1.82) is 0 Å². The molecular weight excluding hydrogens is 272 g/mol. The molecule has 0 spiro atoms. The summed E-state index contributed by atoms with van der Waals surface area (Å²) in [7, 11) is 0. The Morgan fingerprint density at radius 1 is 1.24 bits per heavy atom. The fourth-order valence-electron chi connectivity index (χ4n) is 1.67. The molecule has 1 aromatic rings. The maximum Gasteiger partial charge on any atom is 0.323 e. The van der Waals surface area contributed by atoms with Gasteiger partial charge in [0.2, 0.25) is 11.9 Å². The molecule has 0 aliphatic heterocycles. The standard InChI is InChI=1S/C13H24N6O2/c1-9(2)21-13-17-11(16-12(18-13)19-14)15-6-3-7-20-8-10-4-5-10/h9-10H,3-8,14H2,1-2H3,(H2,15,16,17,18,19). The van der Waals surface area contributed by atoms with E-state index in [1.165, 1.54) is 12.8 Å². The number of hydrazine groups is 1. The second-order valence-corrected chi connectivity index (χ2v) is 5.37. The van der Waals surface area contributed by atoms with E-state index in [1.54, 1.807) is 0 Å².